The minimum Gasteiger partial charge on any atom is -0.311 e. The second kappa shape index (κ2) is 11.3. The molecular weight excluding hydrogens is 603 g/mol. The third-order valence-corrected chi connectivity index (χ3v) is 10.7. The number of rotatable bonds is 4. The van der Waals surface area contributed by atoms with Crippen LogP contribution in [0, 0.1) is 0 Å². The van der Waals surface area contributed by atoms with Crippen molar-refractivity contribution in [2.45, 2.75) is 5.41 Å². The largest absolute Gasteiger partial charge is 0.311 e. The third-order valence-electron chi connectivity index (χ3n) is 10.7. The van der Waals surface area contributed by atoms with E-state index in [1.165, 1.54) is 66.8 Å². The van der Waals surface area contributed by atoms with Crippen molar-refractivity contribution < 1.29 is 0 Å². The summed E-state index contributed by atoms with van der Waals surface area (Å²) in [5.41, 5.74) is 18.4. The van der Waals surface area contributed by atoms with Gasteiger partial charge in [-0.25, -0.2) is 0 Å². The minimum atomic E-state index is -0.481. The monoisotopic (exact) mass is 635 g/mol. The number of fused-ring (bicyclic) bond motifs is 12. The van der Waals surface area contributed by atoms with Gasteiger partial charge in [-0.3, -0.25) is 0 Å². The highest BCUT2D eigenvalue weighted by molar-refractivity contribution is 5.97. The van der Waals surface area contributed by atoms with Crippen LogP contribution in [0.3, 0.4) is 0 Å². The number of nitrogens with zero attached hydrogens (tertiary/aromatic N) is 1. The molecule has 2 aliphatic carbocycles. The molecule has 0 aromatic heterocycles. The Hall–Kier alpha value is -6.44. The molecule has 50 heavy (non-hydrogen) atoms. The van der Waals surface area contributed by atoms with Crippen LogP contribution in [-0.4, -0.2) is 0 Å². The molecule has 0 N–H and O–H groups in total. The van der Waals surface area contributed by atoms with E-state index in [4.69, 9.17) is 0 Å². The Labute approximate surface area is 293 Å². The Bertz CT molecular complexity index is 2420. The fourth-order valence-electron chi connectivity index (χ4n) is 8.63. The van der Waals surface area contributed by atoms with Gasteiger partial charge >= 0.3 is 0 Å². The first kappa shape index (κ1) is 28.6. The standard InChI is InChI=1S/C49H33N/c1-3-15-36(16-4-1)50(37-17-5-2-6-18-37)38-30-27-34(28-31-38)35-29-32-44-43-23-11-14-26-47(43)49(48(44)33-35)45-24-12-9-21-41(45)39-19-7-8-20-40(39)42-22-10-13-25-46(42)49/h1-33H. The molecule has 0 heterocycles. The van der Waals surface area contributed by atoms with Crippen LogP contribution in [0.1, 0.15) is 22.3 Å². The summed E-state index contributed by atoms with van der Waals surface area (Å²) in [6.45, 7) is 0. The van der Waals surface area contributed by atoms with Crippen LogP contribution in [0.2, 0.25) is 0 Å². The van der Waals surface area contributed by atoms with Crippen LogP contribution < -0.4 is 4.90 Å². The molecule has 0 unspecified atom stereocenters. The molecule has 8 aromatic carbocycles. The summed E-state index contributed by atoms with van der Waals surface area (Å²) in [6, 6.07) is 73.5. The predicted octanol–water partition coefficient (Wildman–Crippen LogP) is 12.8. The number of benzene rings is 8. The molecule has 0 atom stereocenters. The van der Waals surface area contributed by atoms with Gasteiger partial charge in [0.25, 0.3) is 0 Å². The van der Waals surface area contributed by atoms with Crippen LogP contribution in [0.4, 0.5) is 17.1 Å². The van der Waals surface area contributed by atoms with Gasteiger partial charge in [0.2, 0.25) is 0 Å². The van der Waals surface area contributed by atoms with Gasteiger partial charge in [0.05, 0.1) is 5.41 Å². The molecule has 8 aromatic rings. The Balaban J connectivity index is 1.19. The minimum absolute atomic E-state index is 0.481. The molecule has 0 aliphatic heterocycles. The van der Waals surface area contributed by atoms with E-state index in [1.54, 1.807) is 0 Å². The van der Waals surface area contributed by atoms with E-state index in [-0.39, 0.29) is 0 Å². The first-order valence-electron chi connectivity index (χ1n) is 17.4. The van der Waals surface area contributed by atoms with Gasteiger partial charge in [0, 0.05) is 17.1 Å². The van der Waals surface area contributed by atoms with Crippen molar-refractivity contribution in [2.75, 3.05) is 4.90 Å². The lowest BCUT2D eigenvalue weighted by Gasteiger charge is -2.35. The van der Waals surface area contributed by atoms with Crippen molar-refractivity contribution in [1.82, 2.24) is 0 Å². The highest BCUT2D eigenvalue weighted by Crippen LogP contribution is 2.61. The molecule has 234 valence electrons. The molecule has 0 amide bonds. The third kappa shape index (κ3) is 4.14. The van der Waals surface area contributed by atoms with E-state index >= 15 is 0 Å². The summed E-state index contributed by atoms with van der Waals surface area (Å²) in [5, 5.41) is 0. The molecule has 0 bridgehead atoms. The lowest BCUT2D eigenvalue weighted by molar-refractivity contribution is 0.775. The molecule has 10 rings (SSSR count). The van der Waals surface area contributed by atoms with Crippen molar-refractivity contribution in [3.8, 4) is 44.5 Å². The zero-order valence-corrected chi connectivity index (χ0v) is 27.5. The summed E-state index contributed by atoms with van der Waals surface area (Å²) < 4.78 is 0. The van der Waals surface area contributed by atoms with E-state index < -0.39 is 5.41 Å². The number of hydrogen-bond acceptors (Lipinski definition) is 1. The summed E-state index contributed by atoms with van der Waals surface area (Å²) in [7, 11) is 0. The van der Waals surface area contributed by atoms with E-state index in [1.807, 2.05) is 0 Å². The summed E-state index contributed by atoms with van der Waals surface area (Å²) in [4.78, 5) is 2.31. The van der Waals surface area contributed by atoms with Gasteiger partial charge in [0.1, 0.15) is 0 Å². The average Bonchev–Trinajstić information content (AvgIpc) is 3.43. The van der Waals surface area contributed by atoms with Crippen LogP contribution in [0.25, 0.3) is 44.5 Å². The smallest absolute Gasteiger partial charge is 0.0725 e. The van der Waals surface area contributed by atoms with Gasteiger partial charge in [-0.1, -0.05) is 158 Å². The van der Waals surface area contributed by atoms with Gasteiger partial charge in [-0.15, -0.1) is 0 Å². The maximum atomic E-state index is 2.47. The Kier molecular flexibility index (Phi) is 6.47. The summed E-state index contributed by atoms with van der Waals surface area (Å²) in [5.74, 6) is 0. The molecule has 2 aliphatic rings. The van der Waals surface area contributed by atoms with Gasteiger partial charge in [-0.05, 0) is 109 Å². The van der Waals surface area contributed by atoms with Crippen LogP contribution in [0.15, 0.2) is 200 Å². The summed E-state index contributed by atoms with van der Waals surface area (Å²) >= 11 is 0. The summed E-state index contributed by atoms with van der Waals surface area (Å²) in [6.07, 6.45) is 0. The predicted molar refractivity (Wildman–Crippen MR) is 208 cm³/mol. The van der Waals surface area contributed by atoms with E-state index in [9.17, 15) is 0 Å². The van der Waals surface area contributed by atoms with Crippen LogP contribution in [-0.2, 0) is 5.41 Å². The number of para-hydroxylation sites is 2. The SMILES string of the molecule is c1ccc(N(c2ccccc2)c2ccc(-c3ccc4c(c3)C3(c5ccccc5-c5ccccc5-c5ccccc53)c3ccccc3-4)cc2)cc1. The highest BCUT2D eigenvalue weighted by atomic mass is 15.1. The van der Waals surface area contributed by atoms with Crippen molar-refractivity contribution >= 4 is 17.1 Å². The molecular formula is C49H33N. The fraction of sp³-hybridized carbons (Fsp3) is 0.0204. The Morgan fingerprint density at radius 2 is 0.620 bits per heavy atom. The molecule has 1 heteroatoms. The highest BCUT2D eigenvalue weighted by Gasteiger charge is 2.49. The first-order valence-corrected chi connectivity index (χ1v) is 17.4. The zero-order chi connectivity index (χ0) is 33.1. The van der Waals surface area contributed by atoms with Gasteiger partial charge < -0.3 is 4.90 Å². The maximum absolute atomic E-state index is 2.47. The quantitative estimate of drug-likeness (QED) is 0.186. The topological polar surface area (TPSA) is 3.24 Å². The van der Waals surface area contributed by atoms with Gasteiger partial charge in [0.15, 0.2) is 0 Å². The van der Waals surface area contributed by atoms with Crippen molar-refractivity contribution in [1.29, 1.82) is 0 Å². The molecule has 0 saturated carbocycles. The Morgan fingerprint density at radius 3 is 1.12 bits per heavy atom. The average molecular weight is 636 g/mol. The lowest BCUT2D eigenvalue weighted by Crippen LogP contribution is -2.29. The van der Waals surface area contributed by atoms with Crippen molar-refractivity contribution in [3.05, 3.63) is 222 Å². The molecule has 0 saturated heterocycles. The van der Waals surface area contributed by atoms with Gasteiger partial charge in [-0.2, -0.15) is 0 Å². The number of hydrogen-bond donors (Lipinski definition) is 0. The van der Waals surface area contributed by atoms with E-state index in [0.29, 0.717) is 0 Å². The Morgan fingerprint density at radius 1 is 0.260 bits per heavy atom. The van der Waals surface area contributed by atoms with E-state index in [2.05, 4.69) is 205 Å². The lowest BCUT2D eigenvalue weighted by atomic mass is 9.65. The normalized spacial score (nSPS) is 13.0. The second-order valence-corrected chi connectivity index (χ2v) is 13.2. The fourth-order valence-corrected chi connectivity index (χ4v) is 8.63. The number of anilines is 3. The molecule has 0 radical (unpaired) electrons. The molecule has 1 nitrogen and oxygen atoms in total. The van der Waals surface area contributed by atoms with Crippen LogP contribution >= 0.6 is 0 Å². The van der Waals surface area contributed by atoms with Crippen molar-refractivity contribution in [3.63, 3.8) is 0 Å². The molecule has 1 spiro atoms. The van der Waals surface area contributed by atoms with Crippen molar-refractivity contribution in [2.24, 2.45) is 0 Å². The molecule has 0 fully saturated rings. The first-order chi connectivity index (χ1) is 24.8. The zero-order valence-electron chi connectivity index (χ0n) is 27.5. The second-order valence-electron chi connectivity index (χ2n) is 13.2. The van der Waals surface area contributed by atoms with E-state index in [0.717, 1.165) is 17.1 Å². The van der Waals surface area contributed by atoms with Crippen LogP contribution in [0.5, 0.6) is 0 Å². The maximum Gasteiger partial charge on any atom is 0.0725 e.